The summed E-state index contributed by atoms with van der Waals surface area (Å²) in [6.07, 6.45) is -1.09. The maximum atomic E-state index is 11.8. The van der Waals surface area contributed by atoms with Crippen molar-refractivity contribution in [3.63, 3.8) is 0 Å². The minimum Gasteiger partial charge on any atom is -0.507 e. The summed E-state index contributed by atoms with van der Waals surface area (Å²) in [5.41, 5.74) is 0.0860. The number of aliphatic hydroxyl groups excluding tert-OH is 1. The third-order valence-corrected chi connectivity index (χ3v) is 5.42. The molecule has 0 aliphatic rings. The molecule has 2 aromatic rings. The van der Waals surface area contributed by atoms with Crippen LogP contribution in [0.3, 0.4) is 0 Å². The van der Waals surface area contributed by atoms with Crippen molar-refractivity contribution in [2.75, 3.05) is 13.2 Å². The lowest BCUT2D eigenvalue weighted by atomic mass is 10.1. The van der Waals surface area contributed by atoms with Crippen molar-refractivity contribution in [1.82, 2.24) is 0 Å². The number of aliphatic hydroxyl groups is 1. The smallest absolute Gasteiger partial charge is 0.167 e. The van der Waals surface area contributed by atoms with Gasteiger partial charge in [-0.2, -0.15) is 0 Å². The van der Waals surface area contributed by atoms with Gasteiger partial charge >= 0.3 is 0 Å². The van der Waals surface area contributed by atoms with Crippen LogP contribution in [0.2, 0.25) is 0 Å². The van der Waals surface area contributed by atoms with Crippen LogP contribution in [0.4, 0.5) is 0 Å². The first-order valence-electron chi connectivity index (χ1n) is 8.12. The van der Waals surface area contributed by atoms with Crippen molar-refractivity contribution in [3.05, 3.63) is 42.5 Å². The Balaban J connectivity index is 2.11. The highest BCUT2D eigenvalue weighted by Gasteiger charge is 2.21. The minimum absolute atomic E-state index is 0.0430. The van der Waals surface area contributed by atoms with E-state index in [9.17, 15) is 24.9 Å². The molecule has 0 aliphatic carbocycles. The fourth-order valence-electron chi connectivity index (χ4n) is 2.46. The summed E-state index contributed by atoms with van der Waals surface area (Å²) in [7, 11) is 0. The fourth-order valence-corrected chi connectivity index (χ4v) is 3.67. The Hall–Kier alpha value is -1.60. The molecule has 0 heterocycles. The van der Waals surface area contributed by atoms with E-state index in [1.165, 1.54) is 26.0 Å². The van der Waals surface area contributed by atoms with Crippen molar-refractivity contribution in [2.45, 2.75) is 20.0 Å². The topological polar surface area (TPSA) is 113 Å². The maximum Gasteiger partial charge on any atom is 0.167 e. The molecule has 0 bridgehead atoms. The standard InChI is InChI=1S/C19H18I2O7/c1-9(22)16-14(25)5-3-12(20)18(16)27-7-11(24)8-28-19-13(21)4-6-15(26)17(19)10(2)23/h3-6,11,24-26H,7-8H2,1-2H3. The molecule has 0 atom stereocenters. The molecule has 0 aromatic heterocycles. The fraction of sp³-hybridized carbons (Fsp3) is 0.263. The van der Waals surface area contributed by atoms with Crippen LogP contribution >= 0.6 is 45.2 Å². The van der Waals surface area contributed by atoms with Crippen LogP contribution in [0.5, 0.6) is 23.0 Å². The van der Waals surface area contributed by atoms with Gasteiger partial charge in [0.2, 0.25) is 0 Å². The van der Waals surface area contributed by atoms with Crippen molar-refractivity contribution in [1.29, 1.82) is 0 Å². The molecule has 0 amide bonds. The molecule has 0 fully saturated rings. The van der Waals surface area contributed by atoms with E-state index in [0.717, 1.165) is 0 Å². The van der Waals surface area contributed by atoms with Crippen molar-refractivity contribution >= 4 is 56.7 Å². The molecule has 0 saturated heterocycles. The van der Waals surface area contributed by atoms with Gasteiger partial charge in [0.15, 0.2) is 11.6 Å². The Morgan fingerprint density at radius 1 is 0.857 bits per heavy atom. The van der Waals surface area contributed by atoms with Crippen LogP contribution in [0, 0.1) is 7.14 Å². The Labute approximate surface area is 188 Å². The summed E-state index contributed by atoms with van der Waals surface area (Å²) in [6, 6.07) is 5.99. The summed E-state index contributed by atoms with van der Waals surface area (Å²) in [6.45, 7) is 2.21. The quantitative estimate of drug-likeness (QED) is 0.309. The molecule has 7 nitrogen and oxygen atoms in total. The number of phenols is 2. The molecule has 9 heteroatoms. The summed E-state index contributed by atoms with van der Waals surface area (Å²) < 4.78 is 12.3. The lowest BCUT2D eigenvalue weighted by molar-refractivity contribution is 0.0606. The number of ketones is 2. The van der Waals surface area contributed by atoms with Gasteiger partial charge in [-0.05, 0) is 83.3 Å². The maximum absolute atomic E-state index is 11.8. The van der Waals surface area contributed by atoms with Gasteiger partial charge in [-0.3, -0.25) is 9.59 Å². The minimum atomic E-state index is -1.09. The number of hydrogen-bond donors (Lipinski definition) is 3. The molecule has 0 spiro atoms. The van der Waals surface area contributed by atoms with Gasteiger partial charge in [-0.25, -0.2) is 0 Å². The zero-order valence-corrected chi connectivity index (χ0v) is 19.3. The molecule has 0 saturated carbocycles. The first-order chi connectivity index (χ1) is 13.1. The average molecular weight is 612 g/mol. The molecule has 2 rings (SSSR count). The normalized spacial score (nSPS) is 10.8. The summed E-state index contributed by atoms with van der Waals surface area (Å²) in [5.74, 6) is -0.760. The van der Waals surface area contributed by atoms with Crippen molar-refractivity contribution < 1.29 is 34.4 Å². The van der Waals surface area contributed by atoms with Crippen LogP contribution < -0.4 is 9.47 Å². The third-order valence-electron chi connectivity index (χ3n) is 3.72. The van der Waals surface area contributed by atoms with E-state index in [-0.39, 0.29) is 58.9 Å². The second-order valence-electron chi connectivity index (χ2n) is 5.93. The highest BCUT2D eigenvalue weighted by Crippen LogP contribution is 2.34. The van der Waals surface area contributed by atoms with Crippen molar-refractivity contribution in [3.8, 4) is 23.0 Å². The Morgan fingerprint density at radius 3 is 1.54 bits per heavy atom. The molecule has 0 aliphatic heterocycles. The van der Waals surface area contributed by atoms with E-state index >= 15 is 0 Å². The molecule has 0 radical (unpaired) electrons. The van der Waals surface area contributed by atoms with E-state index in [0.29, 0.717) is 7.14 Å². The molecule has 0 unspecified atom stereocenters. The summed E-state index contributed by atoms with van der Waals surface area (Å²) >= 11 is 3.93. The largest absolute Gasteiger partial charge is 0.507 e. The predicted molar refractivity (Wildman–Crippen MR) is 119 cm³/mol. The Kier molecular flexibility index (Phi) is 7.89. The van der Waals surface area contributed by atoms with Crippen LogP contribution in [0.25, 0.3) is 0 Å². The predicted octanol–water partition coefficient (Wildman–Crippen LogP) is 3.53. The van der Waals surface area contributed by atoms with Crippen LogP contribution in [0.15, 0.2) is 24.3 Å². The van der Waals surface area contributed by atoms with E-state index in [2.05, 4.69) is 0 Å². The lowest BCUT2D eigenvalue weighted by Gasteiger charge is -2.18. The molecular weight excluding hydrogens is 594 g/mol. The van der Waals surface area contributed by atoms with Gasteiger partial charge in [-0.1, -0.05) is 0 Å². The van der Waals surface area contributed by atoms with E-state index in [1.807, 2.05) is 45.2 Å². The number of halogens is 2. The zero-order chi connectivity index (χ0) is 21.0. The van der Waals surface area contributed by atoms with Gasteiger partial charge in [0.1, 0.15) is 53.4 Å². The van der Waals surface area contributed by atoms with Gasteiger partial charge in [0, 0.05) is 0 Å². The van der Waals surface area contributed by atoms with Gasteiger partial charge in [0.05, 0.1) is 7.14 Å². The van der Waals surface area contributed by atoms with E-state index in [1.54, 1.807) is 12.1 Å². The number of benzene rings is 2. The summed E-state index contributed by atoms with van der Waals surface area (Å²) in [4.78, 5) is 23.6. The number of Topliss-reactive ketones (excluding diaryl/α,β-unsaturated/α-hetero) is 2. The van der Waals surface area contributed by atoms with Crippen molar-refractivity contribution in [2.24, 2.45) is 0 Å². The number of phenolic OH excluding ortho intramolecular Hbond substituents is 2. The molecule has 2 aromatic carbocycles. The highest BCUT2D eigenvalue weighted by molar-refractivity contribution is 14.1. The third kappa shape index (κ3) is 5.26. The first kappa shape index (κ1) is 22.7. The second-order valence-corrected chi connectivity index (χ2v) is 8.25. The number of aromatic hydroxyl groups is 2. The SMILES string of the molecule is CC(=O)c1c(O)ccc(I)c1OCC(O)COc1c(I)ccc(O)c1C(C)=O. The number of rotatable bonds is 8. The number of hydrogen-bond acceptors (Lipinski definition) is 7. The zero-order valence-electron chi connectivity index (χ0n) is 15.0. The number of ether oxygens (including phenoxy) is 2. The molecule has 3 N–H and O–H groups in total. The van der Waals surface area contributed by atoms with Gasteiger partial charge in [0.25, 0.3) is 0 Å². The molecule has 28 heavy (non-hydrogen) atoms. The van der Waals surface area contributed by atoms with Crippen LogP contribution in [-0.4, -0.2) is 46.2 Å². The van der Waals surface area contributed by atoms with Gasteiger partial charge < -0.3 is 24.8 Å². The molecule has 150 valence electrons. The number of carbonyl (C=O) groups excluding carboxylic acids is 2. The van der Waals surface area contributed by atoms with Crippen LogP contribution in [-0.2, 0) is 0 Å². The number of carbonyl (C=O) groups is 2. The summed E-state index contributed by atoms with van der Waals surface area (Å²) in [5, 5.41) is 30.0. The lowest BCUT2D eigenvalue weighted by Crippen LogP contribution is -2.26. The first-order valence-corrected chi connectivity index (χ1v) is 10.3. The van der Waals surface area contributed by atoms with E-state index in [4.69, 9.17) is 9.47 Å². The molecular formula is C19H18I2O7. The monoisotopic (exact) mass is 612 g/mol. The second kappa shape index (κ2) is 9.74. The Morgan fingerprint density at radius 2 is 1.21 bits per heavy atom. The highest BCUT2D eigenvalue weighted by atomic mass is 127. The van der Waals surface area contributed by atoms with Gasteiger partial charge in [-0.15, -0.1) is 0 Å². The van der Waals surface area contributed by atoms with E-state index < -0.39 is 6.10 Å². The van der Waals surface area contributed by atoms with Crippen LogP contribution in [0.1, 0.15) is 34.6 Å². The average Bonchev–Trinajstić information content (AvgIpc) is 2.62. The Bertz CT molecular complexity index is 838.